The number of nitrogens with two attached hydrogens (primary N) is 1. The first-order valence-electron chi connectivity index (χ1n) is 5.24. The van der Waals surface area contributed by atoms with Crippen molar-refractivity contribution in [2.45, 2.75) is 13.8 Å². The first kappa shape index (κ1) is 13.1. The van der Waals surface area contributed by atoms with Crippen molar-refractivity contribution < 1.29 is 9.59 Å². The van der Waals surface area contributed by atoms with E-state index in [2.05, 4.69) is 15.6 Å². The number of carbonyl (C=O) groups is 2. The van der Waals surface area contributed by atoms with Gasteiger partial charge in [-0.15, -0.1) is 0 Å². The minimum atomic E-state index is -0.362. The predicted octanol–water partition coefficient (Wildman–Crippen LogP) is -0.288. The standard InChI is InChI=1S/C11H16N4O2/c1-7-3-4-9(8(2)14-7)15-11(17)6-13-10(16)5-12/h3-4H,5-6,12H2,1-2H3,(H,13,16)(H,15,17). The molecule has 1 rings (SSSR count). The van der Waals surface area contributed by atoms with Gasteiger partial charge in [0.1, 0.15) is 0 Å². The summed E-state index contributed by atoms with van der Waals surface area (Å²) in [6, 6.07) is 3.58. The lowest BCUT2D eigenvalue weighted by molar-refractivity contribution is -0.123. The fourth-order valence-corrected chi connectivity index (χ4v) is 1.26. The molecule has 0 fully saturated rings. The van der Waals surface area contributed by atoms with E-state index >= 15 is 0 Å². The zero-order valence-electron chi connectivity index (χ0n) is 9.91. The minimum absolute atomic E-state index is 0.0939. The van der Waals surface area contributed by atoms with Crippen LogP contribution in [0.4, 0.5) is 5.69 Å². The molecule has 0 bridgehead atoms. The Morgan fingerprint density at radius 1 is 1.29 bits per heavy atom. The number of anilines is 1. The quantitative estimate of drug-likeness (QED) is 0.669. The van der Waals surface area contributed by atoms with Gasteiger partial charge in [0, 0.05) is 5.69 Å². The number of rotatable bonds is 4. The van der Waals surface area contributed by atoms with Crippen LogP contribution in [0.25, 0.3) is 0 Å². The largest absolute Gasteiger partial charge is 0.346 e. The van der Waals surface area contributed by atoms with Crippen molar-refractivity contribution in [2.24, 2.45) is 5.73 Å². The molecule has 0 aliphatic carbocycles. The number of hydrogen-bond acceptors (Lipinski definition) is 4. The Morgan fingerprint density at radius 3 is 2.59 bits per heavy atom. The van der Waals surface area contributed by atoms with E-state index in [0.717, 1.165) is 11.4 Å². The molecule has 4 N–H and O–H groups in total. The minimum Gasteiger partial charge on any atom is -0.346 e. The second-order valence-electron chi connectivity index (χ2n) is 3.61. The van der Waals surface area contributed by atoms with Crippen LogP contribution in [0, 0.1) is 13.8 Å². The van der Waals surface area contributed by atoms with Gasteiger partial charge in [-0.1, -0.05) is 0 Å². The van der Waals surface area contributed by atoms with Crippen molar-refractivity contribution in [1.82, 2.24) is 10.3 Å². The van der Waals surface area contributed by atoms with Crippen LogP contribution < -0.4 is 16.4 Å². The molecule has 1 heterocycles. The van der Waals surface area contributed by atoms with Crippen LogP contribution in [0.3, 0.4) is 0 Å². The molecule has 2 amide bonds. The van der Waals surface area contributed by atoms with Crippen LogP contribution in [-0.4, -0.2) is 29.9 Å². The number of amides is 2. The molecule has 0 radical (unpaired) electrons. The highest BCUT2D eigenvalue weighted by Gasteiger charge is 2.06. The van der Waals surface area contributed by atoms with E-state index in [1.165, 1.54) is 0 Å². The predicted molar refractivity (Wildman–Crippen MR) is 64.4 cm³/mol. The van der Waals surface area contributed by atoms with E-state index in [0.29, 0.717) is 5.69 Å². The van der Waals surface area contributed by atoms with Gasteiger partial charge < -0.3 is 16.4 Å². The molecule has 17 heavy (non-hydrogen) atoms. The third kappa shape index (κ3) is 4.20. The van der Waals surface area contributed by atoms with E-state index < -0.39 is 0 Å². The van der Waals surface area contributed by atoms with Crippen LogP contribution in [0.1, 0.15) is 11.4 Å². The molecule has 0 unspecified atom stereocenters. The third-order valence-electron chi connectivity index (χ3n) is 2.13. The molecule has 0 spiro atoms. The molecule has 0 atom stereocenters. The summed E-state index contributed by atoms with van der Waals surface area (Å²) < 4.78 is 0. The number of pyridine rings is 1. The number of hydrogen-bond donors (Lipinski definition) is 3. The van der Waals surface area contributed by atoms with Crippen molar-refractivity contribution in [3.05, 3.63) is 23.5 Å². The summed E-state index contributed by atoms with van der Waals surface area (Å²) >= 11 is 0. The molecule has 0 aliphatic heterocycles. The Morgan fingerprint density at radius 2 is 2.00 bits per heavy atom. The maximum absolute atomic E-state index is 11.5. The fraction of sp³-hybridized carbons (Fsp3) is 0.364. The van der Waals surface area contributed by atoms with Crippen LogP contribution in [0.2, 0.25) is 0 Å². The first-order valence-corrected chi connectivity index (χ1v) is 5.24. The molecule has 0 aliphatic rings. The number of aryl methyl sites for hydroxylation is 2. The molecule has 0 saturated carbocycles. The molecule has 1 aromatic rings. The summed E-state index contributed by atoms with van der Waals surface area (Å²) in [6.45, 7) is 3.46. The SMILES string of the molecule is Cc1ccc(NC(=O)CNC(=O)CN)c(C)n1. The highest BCUT2D eigenvalue weighted by molar-refractivity contribution is 5.95. The number of nitrogens with zero attached hydrogens (tertiary/aromatic N) is 1. The molecule has 6 nitrogen and oxygen atoms in total. The van der Waals surface area contributed by atoms with Crippen molar-refractivity contribution >= 4 is 17.5 Å². The van der Waals surface area contributed by atoms with Gasteiger partial charge in [0.15, 0.2) is 0 Å². The first-order chi connectivity index (χ1) is 8.02. The van der Waals surface area contributed by atoms with Gasteiger partial charge in [-0.25, -0.2) is 0 Å². The second-order valence-corrected chi connectivity index (χ2v) is 3.61. The van der Waals surface area contributed by atoms with Crippen molar-refractivity contribution in [2.75, 3.05) is 18.4 Å². The van der Waals surface area contributed by atoms with Crippen molar-refractivity contribution in [3.8, 4) is 0 Å². The van der Waals surface area contributed by atoms with Gasteiger partial charge in [-0.2, -0.15) is 0 Å². The summed E-state index contributed by atoms with van der Waals surface area (Å²) in [4.78, 5) is 26.5. The third-order valence-corrected chi connectivity index (χ3v) is 2.13. The lowest BCUT2D eigenvalue weighted by Crippen LogP contribution is -2.36. The maximum atomic E-state index is 11.5. The summed E-state index contributed by atoms with van der Waals surface area (Å²) in [5.41, 5.74) is 7.36. The van der Waals surface area contributed by atoms with Gasteiger partial charge >= 0.3 is 0 Å². The Labute approximate surface area is 99.6 Å². The molecule has 6 heteroatoms. The van der Waals surface area contributed by atoms with Crippen LogP contribution in [0.15, 0.2) is 12.1 Å². The molecular formula is C11H16N4O2. The van der Waals surface area contributed by atoms with Gasteiger partial charge in [0.25, 0.3) is 0 Å². The average molecular weight is 236 g/mol. The maximum Gasteiger partial charge on any atom is 0.243 e. The lowest BCUT2D eigenvalue weighted by Gasteiger charge is -2.08. The van der Waals surface area contributed by atoms with Crippen LogP contribution in [-0.2, 0) is 9.59 Å². The van der Waals surface area contributed by atoms with Crippen molar-refractivity contribution in [1.29, 1.82) is 0 Å². The van der Waals surface area contributed by atoms with Gasteiger partial charge in [-0.3, -0.25) is 14.6 Å². The van der Waals surface area contributed by atoms with E-state index in [9.17, 15) is 9.59 Å². The molecular weight excluding hydrogens is 220 g/mol. The van der Waals surface area contributed by atoms with E-state index in [1.54, 1.807) is 19.1 Å². The lowest BCUT2D eigenvalue weighted by atomic mass is 10.2. The Bertz CT molecular complexity index is 431. The highest BCUT2D eigenvalue weighted by atomic mass is 16.2. The zero-order chi connectivity index (χ0) is 12.8. The fourth-order valence-electron chi connectivity index (χ4n) is 1.26. The second kappa shape index (κ2) is 5.95. The highest BCUT2D eigenvalue weighted by Crippen LogP contribution is 2.11. The number of carbonyl (C=O) groups excluding carboxylic acids is 2. The normalized spacial score (nSPS) is 9.82. The number of nitrogens with one attached hydrogen (secondary N) is 2. The number of aromatic nitrogens is 1. The van der Waals surface area contributed by atoms with E-state index in [4.69, 9.17) is 5.73 Å². The molecule has 92 valence electrons. The molecule has 0 saturated heterocycles. The zero-order valence-corrected chi connectivity index (χ0v) is 9.91. The Hall–Kier alpha value is -1.95. The summed E-state index contributed by atoms with van der Waals surface area (Å²) in [6.07, 6.45) is 0. The summed E-state index contributed by atoms with van der Waals surface area (Å²) in [7, 11) is 0. The van der Waals surface area contributed by atoms with Gasteiger partial charge in [0.05, 0.1) is 24.5 Å². The monoisotopic (exact) mass is 236 g/mol. The summed E-state index contributed by atoms with van der Waals surface area (Å²) in [5.74, 6) is -0.667. The molecule has 0 aromatic carbocycles. The molecule has 1 aromatic heterocycles. The van der Waals surface area contributed by atoms with Crippen molar-refractivity contribution in [3.63, 3.8) is 0 Å². The Kier molecular flexibility index (Phi) is 4.59. The van der Waals surface area contributed by atoms with E-state index in [1.807, 2.05) is 6.92 Å². The van der Waals surface area contributed by atoms with Crippen LogP contribution in [0.5, 0.6) is 0 Å². The Balaban J connectivity index is 2.53. The van der Waals surface area contributed by atoms with E-state index in [-0.39, 0.29) is 24.9 Å². The van der Waals surface area contributed by atoms with Crippen LogP contribution >= 0.6 is 0 Å². The smallest absolute Gasteiger partial charge is 0.243 e. The summed E-state index contributed by atoms with van der Waals surface area (Å²) in [5, 5.41) is 5.05. The average Bonchev–Trinajstić information content (AvgIpc) is 2.29. The van der Waals surface area contributed by atoms with Gasteiger partial charge in [0.2, 0.25) is 11.8 Å². The topological polar surface area (TPSA) is 97.1 Å². The van der Waals surface area contributed by atoms with Gasteiger partial charge in [-0.05, 0) is 26.0 Å².